The fraction of sp³-hybridized carbons (Fsp3) is 0.571. The lowest BCUT2D eigenvalue weighted by Gasteiger charge is -2.09. The number of aryl methyl sites for hydroxylation is 2. The molecule has 2 heterocycles. The van der Waals surface area contributed by atoms with Crippen molar-refractivity contribution in [2.75, 3.05) is 0 Å². The fourth-order valence-corrected chi connectivity index (χ4v) is 2.05. The predicted octanol–water partition coefficient (Wildman–Crippen LogP) is 1.13. The first-order valence-corrected chi connectivity index (χ1v) is 7.06. The molecule has 2 aromatic rings. The molecule has 0 unspecified atom stereocenters. The lowest BCUT2D eigenvalue weighted by Crippen LogP contribution is -2.29. The predicted molar refractivity (Wildman–Crippen MR) is 75.9 cm³/mol. The summed E-state index contributed by atoms with van der Waals surface area (Å²) in [5, 5.41) is 17.4. The zero-order valence-corrected chi connectivity index (χ0v) is 12.6. The van der Waals surface area contributed by atoms with Gasteiger partial charge in [0.05, 0.1) is 12.3 Å². The van der Waals surface area contributed by atoms with E-state index in [0.29, 0.717) is 23.0 Å². The highest BCUT2D eigenvalue weighted by atomic mass is 16.5. The number of aromatic nitrogens is 4. The number of hydrogen-bond acceptors (Lipinski definition) is 6. The summed E-state index contributed by atoms with van der Waals surface area (Å²) in [7, 11) is 0. The smallest absolute Gasteiger partial charge is 0.272 e. The molecule has 2 rings (SSSR count). The minimum atomic E-state index is -0.319. The Morgan fingerprint density at radius 2 is 2.10 bits per heavy atom. The standard InChI is InChI=1S/C14H20N4O3/c1-4-5-6-13-15-12(17-21-13)7-18-14(20)11(8-19)9(2)10(3)16-18/h19H,4-8H2,1-3H3. The van der Waals surface area contributed by atoms with E-state index in [0.717, 1.165) is 24.8 Å². The first kappa shape index (κ1) is 15.4. The molecule has 114 valence electrons. The Morgan fingerprint density at radius 1 is 1.33 bits per heavy atom. The van der Waals surface area contributed by atoms with Gasteiger partial charge in [-0.15, -0.1) is 0 Å². The molecule has 7 nitrogen and oxygen atoms in total. The van der Waals surface area contributed by atoms with E-state index in [9.17, 15) is 9.90 Å². The van der Waals surface area contributed by atoms with Crippen LogP contribution in [-0.4, -0.2) is 25.0 Å². The number of aliphatic hydroxyl groups excluding tert-OH is 1. The lowest BCUT2D eigenvalue weighted by atomic mass is 10.1. The minimum absolute atomic E-state index is 0.141. The largest absolute Gasteiger partial charge is 0.391 e. The SMILES string of the molecule is CCCCc1nc(Cn2nc(C)c(C)c(CO)c2=O)no1. The molecule has 0 bridgehead atoms. The van der Waals surface area contributed by atoms with Gasteiger partial charge in [0.1, 0.15) is 6.54 Å². The Hall–Kier alpha value is -2.02. The maximum absolute atomic E-state index is 12.2. The van der Waals surface area contributed by atoms with Crippen LogP contribution in [0.2, 0.25) is 0 Å². The zero-order valence-electron chi connectivity index (χ0n) is 12.6. The molecule has 0 fully saturated rings. The molecule has 0 amide bonds. The molecule has 0 spiro atoms. The second kappa shape index (κ2) is 6.62. The van der Waals surface area contributed by atoms with Gasteiger partial charge in [0, 0.05) is 12.0 Å². The van der Waals surface area contributed by atoms with Crippen LogP contribution in [0.25, 0.3) is 0 Å². The first-order chi connectivity index (χ1) is 10.1. The number of aliphatic hydroxyl groups is 1. The van der Waals surface area contributed by atoms with E-state index in [1.807, 2.05) is 0 Å². The van der Waals surface area contributed by atoms with Gasteiger partial charge in [-0.3, -0.25) is 4.79 Å². The number of hydrogen-bond donors (Lipinski definition) is 1. The van der Waals surface area contributed by atoms with Crippen LogP contribution in [0.1, 0.15) is 48.3 Å². The Bertz CT molecular complexity index is 675. The van der Waals surface area contributed by atoms with Crippen molar-refractivity contribution in [3.8, 4) is 0 Å². The second-order valence-corrected chi connectivity index (χ2v) is 5.02. The average Bonchev–Trinajstić information content (AvgIpc) is 2.91. The van der Waals surface area contributed by atoms with Crippen LogP contribution in [0.3, 0.4) is 0 Å². The van der Waals surface area contributed by atoms with Gasteiger partial charge in [0.15, 0.2) is 5.82 Å². The van der Waals surface area contributed by atoms with E-state index in [4.69, 9.17) is 4.52 Å². The van der Waals surface area contributed by atoms with Crippen molar-refractivity contribution in [1.29, 1.82) is 0 Å². The minimum Gasteiger partial charge on any atom is -0.391 e. The molecule has 0 aliphatic rings. The molecular formula is C14H20N4O3. The summed E-state index contributed by atoms with van der Waals surface area (Å²) in [6.45, 7) is 5.50. The zero-order chi connectivity index (χ0) is 15.4. The van der Waals surface area contributed by atoms with Crippen molar-refractivity contribution in [3.63, 3.8) is 0 Å². The average molecular weight is 292 g/mol. The van der Waals surface area contributed by atoms with Crippen LogP contribution in [0.5, 0.6) is 0 Å². The molecule has 1 N–H and O–H groups in total. The van der Waals surface area contributed by atoms with Crippen LogP contribution >= 0.6 is 0 Å². The van der Waals surface area contributed by atoms with Gasteiger partial charge in [0.25, 0.3) is 5.56 Å². The van der Waals surface area contributed by atoms with Crippen LogP contribution in [-0.2, 0) is 19.6 Å². The normalized spacial score (nSPS) is 11.0. The van der Waals surface area contributed by atoms with Crippen LogP contribution in [0.15, 0.2) is 9.32 Å². The topological polar surface area (TPSA) is 94.0 Å². The van der Waals surface area contributed by atoms with Crippen molar-refractivity contribution < 1.29 is 9.63 Å². The summed E-state index contributed by atoms with van der Waals surface area (Å²) in [6.07, 6.45) is 2.77. The van der Waals surface area contributed by atoms with Gasteiger partial charge in [0.2, 0.25) is 5.89 Å². The Labute approximate surface area is 122 Å². The summed E-state index contributed by atoms with van der Waals surface area (Å²) in [6, 6.07) is 0. The summed E-state index contributed by atoms with van der Waals surface area (Å²) >= 11 is 0. The quantitative estimate of drug-likeness (QED) is 0.857. The molecule has 2 aromatic heterocycles. The molecule has 0 atom stereocenters. The van der Waals surface area contributed by atoms with E-state index in [1.165, 1.54) is 4.68 Å². The van der Waals surface area contributed by atoms with Gasteiger partial charge in [-0.2, -0.15) is 10.1 Å². The summed E-state index contributed by atoms with van der Waals surface area (Å²) < 4.78 is 6.40. The maximum atomic E-state index is 12.2. The van der Waals surface area contributed by atoms with Gasteiger partial charge in [-0.1, -0.05) is 18.5 Å². The number of unbranched alkanes of at least 4 members (excludes halogenated alkanes) is 1. The molecule has 0 aliphatic carbocycles. The van der Waals surface area contributed by atoms with E-state index >= 15 is 0 Å². The fourth-order valence-electron chi connectivity index (χ4n) is 2.05. The van der Waals surface area contributed by atoms with E-state index in [-0.39, 0.29) is 18.7 Å². The highest BCUT2D eigenvalue weighted by Gasteiger charge is 2.13. The van der Waals surface area contributed by atoms with Crippen molar-refractivity contribution in [3.05, 3.63) is 38.9 Å². The van der Waals surface area contributed by atoms with Crippen LogP contribution < -0.4 is 5.56 Å². The monoisotopic (exact) mass is 292 g/mol. The number of nitrogens with zero attached hydrogens (tertiary/aromatic N) is 4. The Kier molecular flexibility index (Phi) is 4.85. The third-order valence-corrected chi connectivity index (χ3v) is 3.46. The summed E-state index contributed by atoms with van der Waals surface area (Å²) in [5.41, 5.74) is 1.46. The van der Waals surface area contributed by atoms with Gasteiger partial charge in [-0.25, -0.2) is 4.68 Å². The van der Waals surface area contributed by atoms with Crippen molar-refractivity contribution in [2.45, 2.75) is 53.2 Å². The first-order valence-electron chi connectivity index (χ1n) is 7.06. The molecule has 0 aliphatic heterocycles. The molecule has 0 aromatic carbocycles. The highest BCUT2D eigenvalue weighted by molar-refractivity contribution is 5.25. The highest BCUT2D eigenvalue weighted by Crippen LogP contribution is 2.07. The van der Waals surface area contributed by atoms with Gasteiger partial charge >= 0.3 is 0 Å². The lowest BCUT2D eigenvalue weighted by molar-refractivity contribution is 0.277. The van der Waals surface area contributed by atoms with E-state index in [2.05, 4.69) is 22.2 Å². The summed E-state index contributed by atoms with van der Waals surface area (Å²) in [4.78, 5) is 16.5. The summed E-state index contributed by atoms with van der Waals surface area (Å²) in [5.74, 6) is 0.994. The van der Waals surface area contributed by atoms with Crippen molar-refractivity contribution in [2.24, 2.45) is 0 Å². The molecular weight excluding hydrogens is 272 g/mol. The van der Waals surface area contributed by atoms with Crippen molar-refractivity contribution >= 4 is 0 Å². The Morgan fingerprint density at radius 3 is 2.76 bits per heavy atom. The van der Waals surface area contributed by atoms with Crippen molar-refractivity contribution in [1.82, 2.24) is 19.9 Å². The molecule has 0 radical (unpaired) electrons. The van der Waals surface area contributed by atoms with Crippen LogP contribution in [0.4, 0.5) is 0 Å². The molecule has 0 saturated heterocycles. The maximum Gasteiger partial charge on any atom is 0.272 e. The van der Waals surface area contributed by atoms with E-state index < -0.39 is 0 Å². The third-order valence-electron chi connectivity index (χ3n) is 3.46. The third kappa shape index (κ3) is 3.36. The van der Waals surface area contributed by atoms with E-state index in [1.54, 1.807) is 13.8 Å². The molecule has 0 saturated carbocycles. The van der Waals surface area contributed by atoms with Crippen LogP contribution in [0, 0.1) is 13.8 Å². The number of rotatable bonds is 6. The molecule has 7 heteroatoms. The second-order valence-electron chi connectivity index (χ2n) is 5.02. The van der Waals surface area contributed by atoms with Gasteiger partial charge in [-0.05, 0) is 25.8 Å². The van der Waals surface area contributed by atoms with Gasteiger partial charge < -0.3 is 9.63 Å². The Balaban J connectivity index is 2.25. The molecule has 21 heavy (non-hydrogen) atoms.